The van der Waals surface area contributed by atoms with E-state index in [9.17, 15) is 5.11 Å². The normalized spacial score (nSPS) is 12.4. The van der Waals surface area contributed by atoms with Gasteiger partial charge in [0.1, 0.15) is 18.5 Å². The number of benzene rings is 2. The minimum Gasteiger partial charge on any atom is -0.491 e. The van der Waals surface area contributed by atoms with Gasteiger partial charge in [-0.2, -0.15) is 0 Å². The molecule has 2 heteroatoms. The predicted octanol–water partition coefficient (Wildman–Crippen LogP) is 3.92. The Hall–Kier alpha value is -1.80. The quantitative estimate of drug-likeness (QED) is 0.878. The van der Waals surface area contributed by atoms with Crippen LogP contribution in [0.1, 0.15) is 37.0 Å². The SMILES string of the molecule is CC(C)c1ccc(C(O)COc2ccccc2)cc1. The van der Waals surface area contributed by atoms with Gasteiger partial charge in [0.15, 0.2) is 0 Å². The summed E-state index contributed by atoms with van der Waals surface area (Å²) in [6.07, 6.45) is -0.596. The topological polar surface area (TPSA) is 29.5 Å². The molecule has 0 heterocycles. The molecule has 0 aliphatic rings. The third-order valence-corrected chi connectivity index (χ3v) is 3.14. The number of rotatable bonds is 5. The molecule has 0 radical (unpaired) electrons. The first kappa shape index (κ1) is 13.6. The van der Waals surface area contributed by atoms with Gasteiger partial charge < -0.3 is 9.84 Å². The third kappa shape index (κ3) is 3.83. The third-order valence-electron chi connectivity index (χ3n) is 3.14. The average Bonchev–Trinajstić information content (AvgIpc) is 2.46. The van der Waals surface area contributed by atoms with Crippen LogP contribution in [-0.4, -0.2) is 11.7 Å². The summed E-state index contributed by atoms with van der Waals surface area (Å²) in [6, 6.07) is 17.6. The van der Waals surface area contributed by atoms with Gasteiger partial charge >= 0.3 is 0 Å². The van der Waals surface area contributed by atoms with E-state index in [0.29, 0.717) is 5.92 Å². The van der Waals surface area contributed by atoms with Crippen molar-refractivity contribution in [1.82, 2.24) is 0 Å². The molecule has 0 bridgehead atoms. The van der Waals surface area contributed by atoms with Gasteiger partial charge in [0.05, 0.1) is 0 Å². The maximum absolute atomic E-state index is 10.1. The van der Waals surface area contributed by atoms with Crippen molar-refractivity contribution in [1.29, 1.82) is 0 Å². The molecule has 0 aromatic heterocycles. The highest BCUT2D eigenvalue weighted by Crippen LogP contribution is 2.19. The van der Waals surface area contributed by atoms with Gasteiger partial charge in [0.25, 0.3) is 0 Å². The van der Waals surface area contributed by atoms with Crippen LogP contribution in [0, 0.1) is 0 Å². The molecule has 2 aromatic carbocycles. The molecular weight excluding hydrogens is 236 g/mol. The fraction of sp³-hybridized carbons (Fsp3) is 0.294. The van der Waals surface area contributed by atoms with Crippen molar-refractivity contribution < 1.29 is 9.84 Å². The van der Waals surface area contributed by atoms with E-state index in [1.807, 2.05) is 42.5 Å². The maximum Gasteiger partial charge on any atom is 0.119 e. The number of aliphatic hydroxyl groups excluding tert-OH is 1. The molecule has 0 aliphatic heterocycles. The second-order valence-electron chi connectivity index (χ2n) is 4.96. The van der Waals surface area contributed by atoms with Crippen LogP contribution in [0.15, 0.2) is 54.6 Å². The molecule has 0 fully saturated rings. The number of hydrogen-bond acceptors (Lipinski definition) is 2. The molecule has 100 valence electrons. The summed E-state index contributed by atoms with van der Waals surface area (Å²) in [7, 11) is 0. The van der Waals surface area contributed by atoms with E-state index in [1.165, 1.54) is 5.56 Å². The minimum absolute atomic E-state index is 0.269. The number of para-hydroxylation sites is 1. The van der Waals surface area contributed by atoms with E-state index >= 15 is 0 Å². The molecule has 0 amide bonds. The first-order valence-electron chi connectivity index (χ1n) is 6.62. The van der Waals surface area contributed by atoms with Crippen molar-refractivity contribution in [3.63, 3.8) is 0 Å². The van der Waals surface area contributed by atoms with Crippen LogP contribution in [0.2, 0.25) is 0 Å². The molecule has 0 saturated heterocycles. The summed E-state index contributed by atoms with van der Waals surface area (Å²) in [5.74, 6) is 1.28. The molecule has 0 saturated carbocycles. The first-order chi connectivity index (χ1) is 9.16. The van der Waals surface area contributed by atoms with Crippen LogP contribution in [0.25, 0.3) is 0 Å². The van der Waals surface area contributed by atoms with Gasteiger partial charge in [-0.05, 0) is 29.2 Å². The summed E-state index contributed by atoms with van der Waals surface area (Å²) in [4.78, 5) is 0. The van der Waals surface area contributed by atoms with Crippen LogP contribution in [0.4, 0.5) is 0 Å². The Labute approximate surface area is 114 Å². The first-order valence-corrected chi connectivity index (χ1v) is 6.62. The molecule has 1 unspecified atom stereocenters. The second kappa shape index (κ2) is 6.39. The largest absolute Gasteiger partial charge is 0.491 e. The van der Waals surface area contributed by atoms with E-state index in [4.69, 9.17) is 4.74 Å². The Morgan fingerprint density at radius 1 is 0.895 bits per heavy atom. The van der Waals surface area contributed by atoms with Gasteiger partial charge in [0, 0.05) is 0 Å². The Morgan fingerprint density at radius 2 is 1.47 bits per heavy atom. The smallest absolute Gasteiger partial charge is 0.119 e. The van der Waals surface area contributed by atoms with Crippen molar-refractivity contribution in [2.75, 3.05) is 6.61 Å². The highest BCUT2D eigenvalue weighted by atomic mass is 16.5. The van der Waals surface area contributed by atoms with Gasteiger partial charge in [-0.15, -0.1) is 0 Å². The monoisotopic (exact) mass is 256 g/mol. The molecule has 0 aliphatic carbocycles. The van der Waals surface area contributed by atoms with Crippen molar-refractivity contribution in [3.05, 3.63) is 65.7 Å². The molecule has 1 N–H and O–H groups in total. The lowest BCUT2D eigenvalue weighted by Gasteiger charge is -2.14. The van der Waals surface area contributed by atoms with E-state index in [2.05, 4.69) is 26.0 Å². The highest BCUT2D eigenvalue weighted by Gasteiger charge is 2.09. The summed E-state index contributed by atoms with van der Waals surface area (Å²) in [5.41, 5.74) is 2.17. The lowest BCUT2D eigenvalue weighted by atomic mass is 10.0. The fourth-order valence-electron chi connectivity index (χ4n) is 1.89. The minimum atomic E-state index is -0.596. The molecular formula is C17H20O2. The van der Waals surface area contributed by atoms with E-state index < -0.39 is 6.10 Å². The van der Waals surface area contributed by atoms with Crippen molar-refractivity contribution in [2.24, 2.45) is 0 Å². The molecule has 19 heavy (non-hydrogen) atoms. The molecule has 0 spiro atoms. The van der Waals surface area contributed by atoms with E-state index in [-0.39, 0.29) is 6.61 Å². The zero-order chi connectivity index (χ0) is 13.7. The fourth-order valence-corrected chi connectivity index (χ4v) is 1.89. The Bertz CT molecular complexity index is 488. The zero-order valence-electron chi connectivity index (χ0n) is 11.4. The average molecular weight is 256 g/mol. The lowest BCUT2D eigenvalue weighted by Crippen LogP contribution is -2.09. The van der Waals surface area contributed by atoms with Gasteiger partial charge in [0.2, 0.25) is 0 Å². The van der Waals surface area contributed by atoms with E-state index in [0.717, 1.165) is 11.3 Å². The van der Waals surface area contributed by atoms with Crippen LogP contribution < -0.4 is 4.74 Å². The predicted molar refractivity (Wildman–Crippen MR) is 77.4 cm³/mol. The second-order valence-corrected chi connectivity index (χ2v) is 4.96. The Balaban J connectivity index is 1.94. The zero-order valence-corrected chi connectivity index (χ0v) is 11.4. The van der Waals surface area contributed by atoms with Crippen molar-refractivity contribution >= 4 is 0 Å². The van der Waals surface area contributed by atoms with Crippen LogP contribution in [0.3, 0.4) is 0 Å². The van der Waals surface area contributed by atoms with Crippen molar-refractivity contribution in [3.8, 4) is 5.75 Å². The summed E-state index contributed by atoms with van der Waals surface area (Å²) in [5, 5.41) is 10.1. The number of ether oxygens (including phenoxy) is 1. The summed E-state index contributed by atoms with van der Waals surface area (Å²) in [6.45, 7) is 4.58. The van der Waals surface area contributed by atoms with Crippen LogP contribution in [-0.2, 0) is 0 Å². The van der Waals surface area contributed by atoms with E-state index in [1.54, 1.807) is 0 Å². The molecule has 2 nitrogen and oxygen atoms in total. The number of hydrogen-bond donors (Lipinski definition) is 1. The maximum atomic E-state index is 10.1. The van der Waals surface area contributed by atoms with Gasteiger partial charge in [-0.3, -0.25) is 0 Å². The molecule has 2 rings (SSSR count). The van der Waals surface area contributed by atoms with Gasteiger partial charge in [-0.1, -0.05) is 56.3 Å². The van der Waals surface area contributed by atoms with Crippen molar-refractivity contribution in [2.45, 2.75) is 25.9 Å². The van der Waals surface area contributed by atoms with Crippen LogP contribution in [0.5, 0.6) is 5.75 Å². The Kier molecular flexibility index (Phi) is 4.58. The summed E-state index contributed by atoms with van der Waals surface area (Å²) >= 11 is 0. The Morgan fingerprint density at radius 3 is 2.05 bits per heavy atom. The van der Waals surface area contributed by atoms with Crippen LogP contribution >= 0.6 is 0 Å². The number of aliphatic hydroxyl groups is 1. The summed E-state index contributed by atoms with van der Waals surface area (Å²) < 4.78 is 5.55. The lowest BCUT2D eigenvalue weighted by molar-refractivity contribution is 0.108. The standard InChI is InChI=1S/C17H20O2/c1-13(2)14-8-10-15(11-9-14)17(18)12-19-16-6-4-3-5-7-16/h3-11,13,17-18H,12H2,1-2H3. The highest BCUT2D eigenvalue weighted by molar-refractivity contribution is 5.26. The molecule has 2 aromatic rings. The molecule has 1 atom stereocenters. The van der Waals surface area contributed by atoms with Gasteiger partial charge in [-0.25, -0.2) is 0 Å².